The number of esters is 1. The Morgan fingerprint density at radius 2 is 1.83 bits per heavy atom. The highest BCUT2D eigenvalue weighted by atomic mass is 16.5. The van der Waals surface area contributed by atoms with Gasteiger partial charge in [-0.05, 0) is 30.3 Å². The quantitative estimate of drug-likeness (QED) is 0.658. The van der Waals surface area contributed by atoms with Crippen LogP contribution >= 0.6 is 0 Å². The van der Waals surface area contributed by atoms with Crippen LogP contribution < -0.4 is 5.73 Å². The van der Waals surface area contributed by atoms with Crippen LogP contribution in [0.25, 0.3) is 6.08 Å². The number of carbonyl (C=O) groups excluding carboxylic acids is 1. The average Bonchev–Trinajstić information content (AvgIpc) is 2.61. The van der Waals surface area contributed by atoms with Crippen LogP contribution in [-0.2, 0) is 4.74 Å². The van der Waals surface area contributed by atoms with Crippen molar-refractivity contribution in [2.45, 2.75) is 6.17 Å². The van der Waals surface area contributed by atoms with E-state index < -0.39 is 0 Å². The Balaban J connectivity index is 1.92. The summed E-state index contributed by atoms with van der Waals surface area (Å²) in [6.45, 7) is 0.731. The summed E-state index contributed by atoms with van der Waals surface area (Å²) < 4.78 is 4.68. The number of ether oxygens (including phenoxy) is 1. The predicted octanol–water partition coefficient (Wildman–Crippen LogP) is 3.08. The molecule has 23 heavy (non-hydrogen) atoms. The second-order valence-corrected chi connectivity index (χ2v) is 5.31. The molecule has 0 saturated carbocycles. The van der Waals surface area contributed by atoms with Crippen molar-refractivity contribution >= 4 is 12.0 Å². The van der Waals surface area contributed by atoms with Gasteiger partial charge in [-0.2, -0.15) is 0 Å². The third-order valence-corrected chi connectivity index (χ3v) is 3.65. The van der Waals surface area contributed by atoms with Gasteiger partial charge in [0.15, 0.2) is 0 Å². The molecular formula is C19H22N2O2. The molecule has 1 atom stereocenters. The zero-order valence-corrected chi connectivity index (χ0v) is 13.5. The van der Waals surface area contributed by atoms with Gasteiger partial charge in [0.05, 0.1) is 18.8 Å². The number of likely N-dealkylation sites (N-methyl/N-ethyl adjacent to an activating group) is 1. The molecule has 0 aliphatic carbocycles. The van der Waals surface area contributed by atoms with Gasteiger partial charge in [0.25, 0.3) is 0 Å². The molecule has 1 unspecified atom stereocenters. The third-order valence-electron chi connectivity index (χ3n) is 3.65. The molecule has 2 aromatic carbocycles. The highest BCUT2D eigenvalue weighted by Crippen LogP contribution is 2.13. The number of benzene rings is 2. The smallest absolute Gasteiger partial charge is 0.337 e. The maximum Gasteiger partial charge on any atom is 0.337 e. The Labute approximate surface area is 137 Å². The van der Waals surface area contributed by atoms with Crippen LogP contribution in [0, 0.1) is 0 Å². The minimum absolute atomic E-state index is 0.137. The van der Waals surface area contributed by atoms with Crippen molar-refractivity contribution in [1.29, 1.82) is 0 Å². The molecule has 2 aromatic rings. The Kier molecular flexibility index (Phi) is 6.09. The number of hydrogen-bond donors (Lipinski definition) is 1. The Bertz CT molecular complexity index is 651. The average molecular weight is 310 g/mol. The number of nitrogens with two attached hydrogens (primary N) is 1. The van der Waals surface area contributed by atoms with E-state index in [9.17, 15) is 4.79 Å². The van der Waals surface area contributed by atoms with Gasteiger partial charge in [0.1, 0.15) is 0 Å². The monoisotopic (exact) mass is 310 g/mol. The van der Waals surface area contributed by atoms with Crippen molar-refractivity contribution in [3.8, 4) is 0 Å². The molecule has 0 aliphatic heterocycles. The van der Waals surface area contributed by atoms with Gasteiger partial charge >= 0.3 is 5.97 Å². The normalized spacial score (nSPS) is 12.5. The van der Waals surface area contributed by atoms with E-state index in [0.29, 0.717) is 5.56 Å². The summed E-state index contributed by atoms with van der Waals surface area (Å²) in [5.74, 6) is -0.325. The van der Waals surface area contributed by atoms with Crippen LogP contribution in [0.3, 0.4) is 0 Å². The van der Waals surface area contributed by atoms with Gasteiger partial charge < -0.3 is 10.5 Å². The Morgan fingerprint density at radius 1 is 1.17 bits per heavy atom. The first-order chi connectivity index (χ1) is 11.1. The van der Waals surface area contributed by atoms with Crippen molar-refractivity contribution in [3.05, 3.63) is 77.4 Å². The van der Waals surface area contributed by atoms with E-state index in [1.165, 1.54) is 7.11 Å². The molecule has 2 rings (SSSR count). The van der Waals surface area contributed by atoms with Crippen LogP contribution in [0.15, 0.2) is 60.7 Å². The summed E-state index contributed by atoms with van der Waals surface area (Å²) in [6, 6.07) is 17.3. The van der Waals surface area contributed by atoms with E-state index in [1.807, 2.05) is 55.6 Å². The van der Waals surface area contributed by atoms with E-state index in [0.717, 1.165) is 17.7 Å². The van der Waals surface area contributed by atoms with E-state index in [4.69, 9.17) is 5.73 Å². The van der Waals surface area contributed by atoms with Gasteiger partial charge in [0, 0.05) is 6.54 Å². The number of nitrogens with zero attached hydrogens (tertiary/aromatic N) is 1. The summed E-state index contributed by atoms with van der Waals surface area (Å²) in [7, 11) is 3.37. The summed E-state index contributed by atoms with van der Waals surface area (Å²) >= 11 is 0. The van der Waals surface area contributed by atoms with Crippen molar-refractivity contribution in [1.82, 2.24) is 4.90 Å². The maximum absolute atomic E-state index is 11.4. The van der Waals surface area contributed by atoms with Crippen LogP contribution in [0.1, 0.15) is 27.7 Å². The summed E-state index contributed by atoms with van der Waals surface area (Å²) in [4.78, 5) is 13.4. The van der Waals surface area contributed by atoms with Crippen molar-refractivity contribution < 1.29 is 9.53 Å². The second-order valence-electron chi connectivity index (χ2n) is 5.31. The van der Waals surface area contributed by atoms with Crippen LogP contribution in [-0.4, -0.2) is 31.6 Å². The number of hydrogen-bond acceptors (Lipinski definition) is 4. The SMILES string of the molecule is COC(=O)c1ccc(C=CCN(C)C(N)c2ccccc2)cc1. The zero-order chi connectivity index (χ0) is 16.7. The molecule has 0 radical (unpaired) electrons. The van der Waals surface area contributed by atoms with E-state index in [-0.39, 0.29) is 12.1 Å². The summed E-state index contributed by atoms with van der Waals surface area (Å²) in [5, 5.41) is 0. The number of carbonyl (C=O) groups is 1. The molecule has 0 fully saturated rings. The van der Waals surface area contributed by atoms with Gasteiger partial charge in [-0.25, -0.2) is 4.79 Å². The molecule has 0 heterocycles. The molecule has 0 aliphatic rings. The molecule has 4 nitrogen and oxygen atoms in total. The van der Waals surface area contributed by atoms with Crippen LogP contribution in [0.5, 0.6) is 0 Å². The molecule has 0 spiro atoms. The highest BCUT2D eigenvalue weighted by molar-refractivity contribution is 5.89. The van der Waals surface area contributed by atoms with Gasteiger partial charge in [-0.15, -0.1) is 0 Å². The van der Waals surface area contributed by atoms with E-state index in [2.05, 4.69) is 15.7 Å². The molecule has 0 amide bonds. The lowest BCUT2D eigenvalue weighted by Gasteiger charge is -2.23. The molecule has 2 N–H and O–H groups in total. The van der Waals surface area contributed by atoms with E-state index in [1.54, 1.807) is 12.1 Å². The highest BCUT2D eigenvalue weighted by Gasteiger charge is 2.09. The summed E-state index contributed by atoms with van der Waals surface area (Å²) in [5.41, 5.74) is 8.89. The first-order valence-electron chi connectivity index (χ1n) is 7.47. The fourth-order valence-corrected chi connectivity index (χ4v) is 2.22. The van der Waals surface area contributed by atoms with Crippen molar-refractivity contribution in [3.63, 3.8) is 0 Å². The second kappa shape index (κ2) is 8.27. The molecular weight excluding hydrogens is 288 g/mol. The summed E-state index contributed by atoms with van der Waals surface area (Å²) in [6.07, 6.45) is 3.92. The fraction of sp³-hybridized carbons (Fsp3) is 0.211. The lowest BCUT2D eigenvalue weighted by molar-refractivity contribution is 0.0600. The molecule has 0 saturated heterocycles. The van der Waals surface area contributed by atoms with Crippen LogP contribution in [0.2, 0.25) is 0 Å². The van der Waals surface area contributed by atoms with Gasteiger partial charge in [-0.3, -0.25) is 4.90 Å². The Hall–Kier alpha value is -2.43. The zero-order valence-electron chi connectivity index (χ0n) is 13.5. The standard InChI is InChI=1S/C19H22N2O2/c1-21(18(20)16-8-4-3-5-9-16)14-6-7-15-10-12-17(13-11-15)19(22)23-2/h3-13,18H,14,20H2,1-2H3. The van der Waals surface area contributed by atoms with Crippen molar-refractivity contribution in [2.75, 3.05) is 20.7 Å². The molecule has 0 bridgehead atoms. The first-order valence-corrected chi connectivity index (χ1v) is 7.47. The Morgan fingerprint density at radius 3 is 2.43 bits per heavy atom. The largest absolute Gasteiger partial charge is 0.465 e. The van der Waals surface area contributed by atoms with Crippen molar-refractivity contribution in [2.24, 2.45) is 5.73 Å². The van der Waals surface area contributed by atoms with Crippen LogP contribution in [0.4, 0.5) is 0 Å². The molecule has 4 heteroatoms. The number of rotatable bonds is 6. The van der Waals surface area contributed by atoms with Gasteiger partial charge in [-0.1, -0.05) is 54.6 Å². The first kappa shape index (κ1) is 16.9. The fourth-order valence-electron chi connectivity index (χ4n) is 2.22. The lowest BCUT2D eigenvalue weighted by atomic mass is 10.1. The van der Waals surface area contributed by atoms with E-state index >= 15 is 0 Å². The minimum atomic E-state index is -0.325. The van der Waals surface area contributed by atoms with Gasteiger partial charge in [0.2, 0.25) is 0 Å². The molecule has 120 valence electrons. The predicted molar refractivity (Wildman–Crippen MR) is 92.8 cm³/mol. The number of methoxy groups -OCH3 is 1. The lowest BCUT2D eigenvalue weighted by Crippen LogP contribution is -2.31. The molecule has 0 aromatic heterocycles. The third kappa shape index (κ3) is 4.77. The topological polar surface area (TPSA) is 55.6 Å². The minimum Gasteiger partial charge on any atom is -0.465 e. The maximum atomic E-state index is 11.4.